The summed E-state index contributed by atoms with van der Waals surface area (Å²) in [6.07, 6.45) is 0.501. The summed E-state index contributed by atoms with van der Waals surface area (Å²) in [5.41, 5.74) is -1.35. The van der Waals surface area contributed by atoms with Crippen LogP contribution in [-0.2, 0) is 9.59 Å². The number of urea groups is 1. The van der Waals surface area contributed by atoms with Gasteiger partial charge in [-0.15, -0.1) is 0 Å². The number of carbonyl (C=O) groups is 3. The van der Waals surface area contributed by atoms with Crippen molar-refractivity contribution in [3.05, 3.63) is 0 Å². The Labute approximate surface area is 117 Å². The van der Waals surface area contributed by atoms with Crippen LogP contribution in [0.5, 0.6) is 0 Å². The van der Waals surface area contributed by atoms with Gasteiger partial charge in [0, 0.05) is 26.6 Å². The largest absolute Gasteiger partial charge is 0.393 e. The van der Waals surface area contributed by atoms with Crippen molar-refractivity contribution >= 4 is 17.8 Å². The van der Waals surface area contributed by atoms with Gasteiger partial charge in [-0.25, -0.2) is 4.79 Å². The molecule has 3 N–H and O–H groups in total. The fourth-order valence-corrected chi connectivity index (χ4v) is 1.72. The lowest BCUT2D eigenvalue weighted by molar-refractivity contribution is -0.126. The van der Waals surface area contributed by atoms with Crippen LogP contribution in [0.15, 0.2) is 0 Å². The van der Waals surface area contributed by atoms with Gasteiger partial charge in [0.1, 0.15) is 12.1 Å². The van der Waals surface area contributed by atoms with Crippen LogP contribution in [0.2, 0.25) is 0 Å². The lowest BCUT2D eigenvalue weighted by atomic mass is 10.1. The molecule has 1 heterocycles. The number of amides is 4. The molecular weight excluding hydrogens is 266 g/mol. The first-order chi connectivity index (χ1) is 9.26. The van der Waals surface area contributed by atoms with Gasteiger partial charge in [-0.3, -0.25) is 14.5 Å². The van der Waals surface area contributed by atoms with Gasteiger partial charge >= 0.3 is 6.03 Å². The van der Waals surface area contributed by atoms with Crippen LogP contribution in [0.4, 0.5) is 4.79 Å². The van der Waals surface area contributed by atoms with E-state index in [2.05, 4.69) is 5.32 Å². The third kappa shape index (κ3) is 4.46. The molecule has 1 aliphatic rings. The minimum Gasteiger partial charge on any atom is -0.393 e. The van der Waals surface area contributed by atoms with E-state index >= 15 is 0 Å². The Bertz CT molecular complexity index is 397. The highest BCUT2D eigenvalue weighted by Crippen LogP contribution is 2.09. The van der Waals surface area contributed by atoms with Crippen LogP contribution in [0.3, 0.4) is 0 Å². The molecule has 8 nitrogen and oxygen atoms in total. The Morgan fingerprint density at radius 1 is 1.45 bits per heavy atom. The Hall–Kier alpha value is -1.67. The quantitative estimate of drug-likeness (QED) is 0.495. The highest BCUT2D eigenvalue weighted by atomic mass is 16.3. The summed E-state index contributed by atoms with van der Waals surface area (Å²) in [7, 11) is 1.55. The number of nitrogens with zero attached hydrogens (tertiary/aromatic N) is 2. The predicted molar refractivity (Wildman–Crippen MR) is 69.7 cm³/mol. The molecule has 0 saturated carbocycles. The molecule has 1 rings (SSSR count). The van der Waals surface area contributed by atoms with Gasteiger partial charge in [-0.1, -0.05) is 0 Å². The molecule has 0 bridgehead atoms. The lowest BCUT2D eigenvalue weighted by Crippen LogP contribution is -2.43. The van der Waals surface area contributed by atoms with E-state index in [9.17, 15) is 19.5 Å². The van der Waals surface area contributed by atoms with Gasteiger partial charge in [0.05, 0.1) is 6.61 Å². The topological polar surface area (TPSA) is 110 Å². The maximum absolute atomic E-state index is 11.6. The van der Waals surface area contributed by atoms with Gasteiger partial charge in [0.15, 0.2) is 0 Å². The summed E-state index contributed by atoms with van der Waals surface area (Å²) >= 11 is 0. The molecule has 0 aromatic carbocycles. The average Bonchev–Trinajstić information content (AvgIpc) is 2.63. The van der Waals surface area contributed by atoms with E-state index in [-0.39, 0.29) is 43.9 Å². The summed E-state index contributed by atoms with van der Waals surface area (Å²) in [5.74, 6) is -0.563. The first-order valence-corrected chi connectivity index (χ1v) is 6.42. The SMILES string of the molecule is CN1CC(=O)N(CCCC(=O)NCC(C)(O)CO)C1=O. The van der Waals surface area contributed by atoms with E-state index in [4.69, 9.17) is 5.11 Å². The number of aliphatic hydroxyl groups is 2. The van der Waals surface area contributed by atoms with Crippen molar-refractivity contribution in [3.63, 3.8) is 0 Å². The molecule has 4 amide bonds. The van der Waals surface area contributed by atoms with Crippen molar-refractivity contribution in [1.82, 2.24) is 15.1 Å². The summed E-state index contributed by atoms with van der Waals surface area (Å²) in [5, 5.41) is 20.8. The molecule has 1 aliphatic heterocycles. The van der Waals surface area contributed by atoms with Crippen LogP contribution in [0, 0.1) is 0 Å². The average molecular weight is 287 g/mol. The summed E-state index contributed by atoms with van der Waals surface area (Å²) in [6, 6.07) is -0.348. The molecular formula is C12H21N3O5. The van der Waals surface area contributed by atoms with Gasteiger partial charge in [0.25, 0.3) is 0 Å². The second kappa shape index (κ2) is 6.67. The zero-order valence-electron chi connectivity index (χ0n) is 11.8. The standard InChI is InChI=1S/C12H21N3O5/c1-12(20,8-16)7-13-9(17)4-3-5-15-10(18)6-14(2)11(15)19/h16,20H,3-8H2,1-2H3,(H,13,17). The second-order valence-electron chi connectivity index (χ2n) is 5.22. The molecule has 0 aliphatic carbocycles. The van der Waals surface area contributed by atoms with E-state index in [1.54, 1.807) is 7.05 Å². The van der Waals surface area contributed by atoms with Crippen LogP contribution in [0.1, 0.15) is 19.8 Å². The van der Waals surface area contributed by atoms with Crippen molar-refractivity contribution in [2.45, 2.75) is 25.4 Å². The number of aliphatic hydroxyl groups excluding tert-OH is 1. The molecule has 8 heteroatoms. The van der Waals surface area contributed by atoms with E-state index < -0.39 is 12.2 Å². The monoisotopic (exact) mass is 287 g/mol. The van der Waals surface area contributed by atoms with Crippen LogP contribution < -0.4 is 5.32 Å². The van der Waals surface area contributed by atoms with Gasteiger partial charge in [-0.05, 0) is 13.3 Å². The fraction of sp³-hybridized carbons (Fsp3) is 0.750. The molecule has 0 radical (unpaired) electrons. The van der Waals surface area contributed by atoms with Gasteiger partial charge < -0.3 is 20.4 Å². The van der Waals surface area contributed by atoms with Crippen LogP contribution in [-0.4, -0.2) is 76.7 Å². The number of hydrogen-bond donors (Lipinski definition) is 3. The Kier molecular flexibility index (Phi) is 5.46. The van der Waals surface area contributed by atoms with Crippen LogP contribution >= 0.6 is 0 Å². The van der Waals surface area contributed by atoms with E-state index in [1.807, 2.05) is 0 Å². The van der Waals surface area contributed by atoms with Crippen molar-refractivity contribution in [2.24, 2.45) is 0 Å². The molecule has 1 atom stereocenters. The van der Waals surface area contributed by atoms with Crippen molar-refractivity contribution in [2.75, 3.05) is 33.3 Å². The highest BCUT2D eigenvalue weighted by Gasteiger charge is 2.32. The van der Waals surface area contributed by atoms with Crippen molar-refractivity contribution in [1.29, 1.82) is 0 Å². The third-order valence-electron chi connectivity index (χ3n) is 3.02. The first-order valence-electron chi connectivity index (χ1n) is 6.42. The Morgan fingerprint density at radius 2 is 2.10 bits per heavy atom. The summed E-state index contributed by atoms with van der Waals surface area (Å²) < 4.78 is 0. The number of carbonyl (C=O) groups excluding carboxylic acids is 3. The molecule has 0 spiro atoms. The van der Waals surface area contributed by atoms with Gasteiger partial charge in [-0.2, -0.15) is 0 Å². The maximum atomic E-state index is 11.6. The summed E-state index contributed by atoms with van der Waals surface area (Å²) in [6.45, 7) is 1.18. The maximum Gasteiger partial charge on any atom is 0.326 e. The summed E-state index contributed by atoms with van der Waals surface area (Å²) in [4.78, 5) is 37.0. The normalized spacial score (nSPS) is 18.4. The van der Waals surface area contributed by atoms with Crippen molar-refractivity contribution < 1.29 is 24.6 Å². The van der Waals surface area contributed by atoms with Gasteiger partial charge in [0.2, 0.25) is 11.8 Å². The number of imide groups is 1. The fourth-order valence-electron chi connectivity index (χ4n) is 1.72. The van der Waals surface area contributed by atoms with Crippen LogP contribution in [0.25, 0.3) is 0 Å². The smallest absolute Gasteiger partial charge is 0.326 e. The molecule has 1 saturated heterocycles. The molecule has 1 unspecified atom stereocenters. The molecule has 114 valence electrons. The highest BCUT2D eigenvalue weighted by molar-refractivity contribution is 6.01. The second-order valence-corrected chi connectivity index (χ2v) is 5.22. The molecule has 20 heavy (non-hydrogen) atoms. The number of likely N-dealkylation sites (N-methyl/N-ethyl adjacent to an activating group) is 1. The third-order valence-corrected chi connectivity index (χ3v) is 3.02. The van der Waals surface area contributed by atoms with E-state index in [0.29, 0.717) is 6.42 Å². The number of rotatable bonds is 7. The Morgan fingerprint density at radius 3 is 2.60 bits per heavy atom. The zero-order valence-corrected chi connectivity index (χ0v) is 11.8. The Balaban J connectivity index is 2.26. The number of nitrogens with one attached hydrogen (secondary N) is 1. The molecule has 0 aromatic rings. The van der Waals surface area contributed by atoms with E-state index in [0.717, 1.165) is 4.90 Å². The van der Waals surface area contributed by atoms with Crippen molar-refractivity contribution in [3.8, 4) is 0 Å². The lowest BCUT2D eigenvalue weighted by Gasteiger charge is -2.20. The minimum absolute atomic E-state index is 0.0490. The molecule has 0 aromatic heterocycles. The molecule has 1 fully saturated rings. The predicted octanol–water partition coefficient (Wildman–Crippen LogP) is -1.48. The zero-order chi connectivity index (χ0) is 15.3. The van der Waals surface area contributed by atoms with E-state index in [1.165, 1.54) is 11.8 Å². The first kappa shape index (κ1) is 16.4. The minimum atomic E-state index is -1.35. The number of hydrogen-bond acceptors (Lipinski definition) is 5.